The molecule has 3 heterocycles. The van der Waals surface area contributed by atoms with Crippen molar-refractivity contribution in [2.24, 2.45) is 5.10 Å². The van der Waals surface area contributed by atoms with E-state index >= 15 is 0 Å². The quantitative estimate of drug-likeness (QED) is 0.110. The number of pyridine rings is 1. The van der Waals surface area contributed by atoms with E-state index in [2.05, 4.69) is 31.0 Å². The number of aromatic nitrogens is 3. The number of benzene rings is 3. The largest absolute Gasteiger partial charge is 0.453 e. The van der Waals surface area contributed by atoms with Gasteiger partial charge in [0.15, 0.2) is 11.5 Å². The Morgan fingerprint density at radius 3 is 2.65 bits per heavy atom. The highest BCUT2D eigenvalue weighted by molar-refractivity contribution is 9.10. The molecule has 0 bridgehead atoms. The molecule has 0 atom stereocenters. The van der Waals surface area contributed by atoms with E-state index in [9.17, 15) is 14.9 Å². The fraction of sp³-hybridized carbons (Fsp3) is 0. The smallest absolute Gasteiger partial charge is 0.287 e. The zero-order valence-electron chi connectivity index (χ0n) is 20.2. The number of nitrogens with zero attached hydrogens (tertiary/aromatic N) is 5. The van der Waals surface area contributed by atoms with E-state index in [1.165, 1.54) is 18.3 Å². The van der Waals surface area contributed by atoms with E-state index in [-0.39, 0.29) is 23.1 Å². The van der Waals surface area contributed by atoms with Crippen LogP contribution in [0.1, 0.15) is 5.56 Å². The summed E-state index contributed by atoms with van der Waals surface area (Å²) in [6, 6.07) is 22.1. The third-order valence-electron chi connectivity index (χ3n) is 5.89. The first-order valence-electron chi connectivity index (χ1n) is 11.7. The summed E-state index contributed by atoms with van der Waals surface area (Å²) in [6.45, 7) is 0. The molecule has 0 saturated heterocycles. The van der Waals surface area contributed by atoms with E-state index < -0.39 is 10.5 Å². The molecule has 3 aromatic carbocycles. The third kappa shape index (κ3) is 4.83. The van der Waals surface area contributed by atoms with Gasteiger partial charge >= 0.3 is 0 Å². The van der Waals surface area contributed by atoms with Gasteiger partial charge in [0.25, 0.3) is 11.2 Å². The third-order valence-corrected chi connectivity index (χ3v) is 6.69. The Labute approximate surface area is 238 Å². The van der Waals surface area contributed by atoms with Crippen molar-refractivity contribution < 1.29 is 14.1 Å². The molecule has 3 aromatic heterocycles. The normalized spacial score (nSPS) is 11.4. The van der Waals surface area contributed by atoms with E-state index in [1.807, 2.05) is 24.3 Å². The van der Waals surface area contributed by atoms with Gasteiger partial charge in [-0.25, -0.2) is 9.97 Å². The molecule has 0 amide bonds. The average Bonchev–Trinajstić information content (AvgIpc) is 3.39. The van der Waals surface area contributed by atoms with Crippen molar-refractivity contribution in [3.8, 4) is 23.2 Å². The summed E-state index contributed by atoms with van der Waals surface area (Å²) < 4.78 is 13.6. The number of furan rings is 1. The summed E-state index contributed by atoms with van der Waals surface area (Å²) in [5, 5.41) is 17.0. The van der Waals surface area contributed by atoms with Crippen LogP contribution in [-0.4, -0.2) is 25.8 Å². The van der Waals surface area contributed by atoms with E-state index in [1.54, 1.807) is 42.5 Å². The monoisotopic (exact) mass is 615 g/mol. The predicted octanol–water partition coefficient (Wildman–Crippen LogP) is 7.20. The first kappa shape index (κ1) is 25.4. The van der Waals surface area contributed by atoms with Crippen molar-refractivity contribution in [2.45, 2.75) is 0 Å². The van der Waals surface area contributed by atoms with Crippen LogP contribution in [0.4, 0.5) is 5.69 Å². The van der Waals surface area contributed by atoms with Crippen LogP contribution in [0.3, 0.4) is 0 Å². The van der Waals surface area contributed by atoms with Crippen LogP contribution in [0.15, 0.2) is 104 Å². The Morgan fingerprint density at radius 2 is 1.88 bits per heavy atom. The highest BCUT2D eigenvalue weighted by Gasteiger charge is 2.18. The molecule has 0 saturated carbocycles. The Balaban J connectivity index is 1.48. The predicted molar refractivity (Wildman–Crippen MR) is 154 cm³/mol. The molecule has 0 aliphatic heterocycles. The summed E-state index contributed by atoms with van der Waals surface area (Å²) in [4.78, 5) is 32.7. The molecule has 0 unspecified atom stereocenters. The van der Waals surface area contributed by atoms with Crippen molar-refractivity contribution >= 4 is 61.3 Å². The first-order valence-corrected chi connectivity index (χ1v) is 12.9. The maximum absolute atomic E-state index is 13.6. The second-order valence-electron chi connectivity index (χ2n) is 8.48. The molecule has 0 fully saturated rings. The van der Waals surface area contributed by atoms with Crippen LogP contribution in [0.25, 0.3) is 33.5 Å². The number of para-hydroxylation sites is 2. The van der Waals surface area contributed by atoms with Gasteiger partial charge in [0.2, 0.25) is 11.7 Å². The van der Waals surface area contributed by atoms with Crippen molar-refractivity contribution in [3.05, 3.63) is 121 Å². The Kier molecular flexibility index (Phi) is 6.58. The Hall–Kier alpha value is -4.87. The minimum Gasteiger partial charge on any atom is -0.453 e. The summed E-state index contributed by atoms with van der Waals surface area (Å²) in [7, 11) is 0. The molecular formula is C28H15BrClN5O5. The van der Waals surface area contributed by atoms with E-state index in [4.69, 9.17) is 20.8 Å². The molecule has 6 rings (SSSR count). The fourth-order valence-electron chi connectivity index (χ4n) is 4.03. The zero-order valence-corrected chi connectivity index (χ0v) is 22.5. The minimum atomic E-state index is -0.554. The maximum atomic E-state index is 13.6. The van der Waals surface area contributed by atoms with Crippen LogP contribution >= 0.6 is 27.5 Å². The van der Waals surface area contributed by atoms with Crippen LogP contribution < -0.4 is 10.3 Å². The van der Waals surface area contributed by atoms with Gasteiger partial charge in [-0.2, -0.15) is 9.78 Å². The highest BCUT2D eigenvalue weighted by atomic mass is 79.9. The van der Waals surface area contributed by atoms with Gasteiger partial charge < -0.3 is 9.15 Å². The van der Waals surface area contributed by atoms with Crippen molar-refractivity contribution in [1.82, 2.24) is 14.6 Å². The molecule has 10 nitrogen and oxygen atoms in total. The molecule has 6 aromatic rings. The molecule has 0 N–H and O–H groups in total. The van der Waals surface area contributed by atoms with Gasteiger partial charge in [0.05, 0.1) is 26.5 Å². The lowest BCUT2D eigenvalue weighted by molar-refractivity contribution is -0.385. The summed E-state index contributed by atoms with van der Waals surface area (Å²) in [5.74, 6) is 0.953. The van der Waals surface area contributed by atoms with Crippen molar-refractivity contribution in [3.63, 3.8) is 0 Å². The topological polar surface area (TPSA) is 126 Å². The fourth-order valence-corrected chi connectivity index (χ4v) is 4.95. The summed E-state index contributed by atoms with van der Waals surface area (Å²) in [6.07, 6.45) is 2.49. The van der Waals surface area contributed by atoms with Crippen LogP contribution in [0, 0.1) is 10.1 Å². The molecule has 0 radical (unpaired) electrons. The van der Waals surface area contributed by atoms with Crippen LogP contribution in [0.5, 0.6) is 11.6 Å². The Morgan fingerprint density at radius 1 is 1.07 bits per heavy atom. The molecule has 40 heavy (non-hydrogen) atoms. The van der Waals surface area contributed by atoms with E-state index in [0.717, 1.165) is 16.3 Å². The number of hydrogen-bond acceptors (Lipinski definition) is 8. The standard InChI is InChI=1S/C28H15BrClN5O5/c29-21-13-18(30)11-17(26(21)40-25-10-9-19(15-31-25)35(37)38)14-32-34-27(24-12-16-5-1-4-8-23(16)39-24)33-22-7-3-2-6-20(22)28(34)36/h1-15H. The lowest BCUT2D eigenvalue weighted by atomic mass is 10.2. The highest BCUT2D eigenvalue weighted by Crippen LogP contribution is 2.35. The lowest BCUT2D eigenvalue weighted by Gasteiger charge is -2.11. The second kappa shape index (κ2) is 10.4. The molecule has 12 heteroatoms. The van der Waals surface area contributed by atoms with E-state index in [0.29, 0.717) is 37.3 Å². The van der Waals surface area contributed by atoms with Gasteiger partial charge in [-0.15, -0.1) is 0 Å². The summed E-state index contributed by atoms with van der Waals surface area (Å²) >= 11 is 9.74. The number of hydrogen-bond donors (Lipinski definition) is 0. The second-order valence-corrected chi connectivity index (χ2v) is 9.77. The summed E-state index contributed by atoms with van der Waals surface area (Å²) in [5.41, 5.74) is 0.951. The zero-order chi connectivity index (χ0) is 27.8. The van der Waals surface area contributed by atoms with Gasteiger partial charge in [-0.1, -0.05) is 41.9 Å². The molecule has 196 valence electrons. The number of nitro groups is 1. The van der Waals surface area contributed by atoms with Crippen LogP contribution in [0.2, 0.25) is 5.02 Å². The lowest BCUT2D eigenvalue weighted by Crippen LogP contribution is -2.20. The van der Waals surface area contributed by atoms with Gasteiger partial charge in [0.1, 0.15) is 11.8 Å². The molecule has 0 aliphatic rings. The first-order chi connectivity index (χ1) is 19.4. The Bertz CT molecular complexity index is 1990. The van der Waals surface area contributed by atoms with Gasteiger partial charge in [-0.05, 0) is 52.3 Å². The maximum Gasteiger partial charge on any atom is 0.287 e. The van der Waals surface area contributed by atoms with Crippen molar-refractivity contribution in [2.75, 3.05) is 0 Å². The number of halogens is 2. The number of ether oxygens (including phenoxy) is 1. The van der Waals surface area contributed by atoms with Crippen molar-refractivity contribution in [1.29, 1.82) is 0 Å². The van der Waals surface area contributed by atoms with Crippen LogP contribution in [-0.2, 0) is 0 Å². The number of rotatable bonds is 6. The molecule has 0 aliphatic carbocycles. The average molecular weight is 617 g/mol. The van der Waals surface area contributed by atoms with Gasteiger partial charge in [-0.3, -0.25) is 14.9 Å². The molecular weight excluding hydrogens is 602 g/mol. The van der Waals surface area contributed by atoms with Gasteiger partial charge in [0, 0.05) is 28.1 Å². The SMILES string of the molecule is O=c1c2ccccc2nc(-c2cc3ccccc3o2)n1N=Cc1cc(Cl)cc(Br)c1Oc1ccc([N+](=O)[O-])cn1. The molecule has 0 spiro atoms. The number of fused-ring (bicyclic) bond motifs is 2. The minimum absolute atomic E-state index is 0.107.